The third kappa shape index (κ3) is 4.87. The molecule has 6 nitrogen and oxygen atoms in total. The van der Waals surface area contributed by atoms with Crippen LogP contribution >= 0.6 is 0 Å². The Kier molecular flexibility index (Phi) is 7.30. The highest BCUT2D eigenvalue weighted by atomic mass is 16.6. The van der Waals surface area contributed by atoms with Crippen LogP contribution in [-0.2, 0) is 11.0 Å². The van der Waals surface area contributed by atoms with Crippen molar-refractivity contribution in [2.75, 3.05) is 27.4 Å². The van der Waals surface area contributed by atoms with E-state index in [2.05, 4.69) is 101 Å². The average molecular weight is 695 g/mol. The molecule has 0 amide bonds. The van der Waals surface area contributed by atoms with Crippen molar-refractivity contribution in [2.24, 2.45) is 10.8 Å². The van der Waals surface area contributed by atoms with Crippen LogP contribution in [0.15, 0.2) is 91.0 Å². The minimum absolute atomic E-state index is 0.106. The first-order valence-electron chi connectivity index (χ1n) is 18.4. The van der Waals surface area contributed by atoms with Crippen LogP contribution in [0.1, 0.15) is 74.8 Å². The van der Waals surface area contributed by atoms with Gasteiger partial charge in [-0.15, -0.1) is 0 Å². The van der Waals surface area contributed by atoms with Gasteiger partial charge in [0, 0.05) is 27.5 Å². The third-order valence-electron chi connectivity index (χ3n) is 11.8. The van der Waals surface area contributed by atoms with Gasteiger partial charge in [0.2, 0.25) is 0 Å². The minimum Gasteiger partial charge on any atom is -0.497 e. The maximum Gasteiger partial charge on any atom is 0.178 e. The van der Waals surface area contributed by atoms with Crippen LogP contribution < -0.4 is 23.7 Å². The standard InChI is InChI=1S/C46H46O6/c1-43(2)25-44(3,4)27-45(26-43)37-10-8-7-9-33(37)40-35-21-39-38(50-24-32(23-47)51-39)22-36(35)42-34(41(40)45)19-20-46(52-42,28-11-15-30(48-5)16-12-28)29-13-17-31(49-6)18-14-29/h7-22,32,47H,23-27H2,1-6H3. The van der Waals surface area contributed by atoms with Gasteiger partial charge in [-0.05, 0) is 100 Å². The zero-order chi connectivity index (χ0) is 36.0. The number of ether oxygens (including phenoxy) is 5. The Morgan fingerprint density at radius 1 is 0.750 bits per heavy atom. The van der Waals surface area contributed by atoms with Crippen molar-refractivity contribution in [2.45, 2.75) is 64.1 Å². The van der Waals surface area contributed by atoms with Gasteiger partial charge in [-0.3, -0.25) is 0 Å². The number of fused-ring (bicyclic) bond motifs is 11. The lowest BCUT2D eigenvalue weighted by atomic mass is 9.52. The third-order valence-corrected chi connectivity index (χ3v) is 11.8. The summed E-state index contributed by atoms with van der Waals surface area (Å²) < 4.78 is 31.4. The Labute approximate surface area is 306 Å². The molecular formula is C46H46O6. The van der Waals surface area contributed by atoms with E-state index >= 15 is 0 Å². The normalized spacial score (nSPS) is 20.8. The van der Waals surface area contributed by atoms with Crippen LogP contribution in [0.4, 0.5) is 0 Å². The predicted molar refractivity (Wildman–Crippen MR) is 205 cm³/mol. The molecule has 52 heavy (non-hydrogen) atoms. The number of aliphatic hydroxyl groups is 1. The number of aliphatic hydroxyl groups excluding tert-OH is 1. The van der Waals surface area contributed by atoms with Gasteiger partial charge in [-0.25, -0.2) is 0 Å². The van der Waals surface area contributed by atoms with Crippen LogP contribution in [0.3, 0.4) is 0 Å². The van der Waals surface area contributed by atoms with Gasteiger partial charge in [-0.1, -0.05) is 82.3 Å². The van der Waals surface area contributed by atoms with E-state index < -0.39 is 11.7 Å². The number of hydrogen-bond donors (Lipinski definition) is 1. The maximum absolute atomic E-state index is 10.0. The smallest absolute Gasteiger partial charge is 0.178 e. The lowest BCUT2D eigenvalue weighted by Crippen LogP contribution is -2.44. The average Bonchev–Trinajstić information content (AvgIpc) is 3.40. The highest BCUT2D eigenvalue weighted by Gasteiger charge is 2.55. The van der Waals surface area contributed by atoms with E-state index in [1.54, 1.807) is 14.2 Å². The summed E-state index contributed by atoms with van der Waals surface area (Å²) in [6.45, 7) is 9.91. The highest BCUT2D eigenvalue weighted by Crippen LogP contribution is 2.67. The fourth-order valence-corrected chi connectivity index (χ4v) is 10.5. The largest absolute Gasteiger partial charge is 0.497 e. The summed E-state index contributed by atoms with van der Waals surface area (Å²) >= 11 is 0. The molecule has 5 aromatic rings. The molecular weight excluding hydrogens is 648 g/mol. The number of methoxy groups -OCH3 is 2. The van der Waals surface area contributed by atoms with Gasteiger partial charge in [-0.2, -0.15) is 0 Å². The second kappa shape index (κ2) is 11.5. The van der Waals surface area contributed by atoms with Gasteiger partial charge in [0.15, 0.2) is 23.2 Å². The molecule has 9 rings (SSSR count). The van der Waals surface area contributed by atoms with E-state index in [4.69, 9.17) is 23.7 Å². The Morgan fingerprint density at radius 3 is 1.98 bits per heavy atom. The quantitative estimate of drug-likeness (QED) is 0.198. The molecule has 1 saturated carbocycles. The van der Waals surface area contributed by atoms with Gasteiger partial charge in [0.25, 0.3) is 0 Å². The highest BCUT2D eigenvalue weighted by molar-refractivity contribution is 6.09. The zero-order valence-corrected chi connectivity index (χ0v) is 30.8. The molecule has 2 heterocycles. The van der Waals surface area contributed by atoms with E-state index in [1.165, 1.54) is 22.3 Å². The van der Waals surface area contributed by atoms with Crippen LogP contribution in [-0.4, -0.2) is 38.6 Å². The summed E-state index contributed by atoms with van der Waals surface area (Å²) in [5, 5.41) is 12.1. The first-order valence-corrected chi connectivity index (χ1v) is 18.4. The van der Waals surface area contributed by atoms with Crippen molar-refractivity contribution in [3.05, 3.63) is 119 Å². The first-order chi connectivity index (χ1) is 25.0. The Morgan fingerprint density at radius 2 is 1.37 bits per heavy atom. The summed E-state index contributed by atoms with van der Waals surface area (Å²) in [7, 11) is 3.37. The van der Waals surface area contributed by atoms with Crippen molar-refractivity contribution in [1.29, 1.82) is 0 Å². The van der Waals surface area contributed by atoms with E-state index in [9.17, 15) is 5.11 Å². The summed E-state index contributed by atoms with van der Waals surface area (Å²) in [6.07, 6.45) is 7.35. The predicted octanol–water partition coefficient (Wildman–Crippen LogP) is 9.84. The van der Waals surface area contributed by atoms with E-state index in [0.717, 1.165) is 64.0 Å². The summed E-state index contributed by atoms with van der Waals surface area (Å²) in [4.78, 5) is 0. The molecule has 1 fully saturated rings. The van der Waals surface area contributed by atoms with Gasteiger partial charge in [0.1, 0.15) is 23.9 Å². The summed E-state index contributed by atoms with van der Waals surface area (Å²) in [5.41, 5.74) is 7.34. The molecule has 0 aromatic heterocycles. The molecule has 4 aliphatic rings. The summed E-state index contributed by atoms with van der Waals surface area (Å²) in [5.74, 6) is 3.68. The fourth-order valence-electron chi connectivity index (χ4n) is 10.5. The van der Waals surface area contributed by atoms with Crippen molar-refractivity contribution in [3.63, 3.8) is 0 Å². The van der Waals surface area contributed by atoms with E-state index in [1.807, 2.05) is 24.3 Å². The minimum atomic E-state index is -0.953. The van der Waals surface area contributed by atoms with Gasteiger partial charge >= 0.3 is 0 Å². The molecule has 1 N–H and O–H groups in total. The monoisotopic (exact) mass is 694 g/mol. The molecule has 1 spiro atoms. The molecule has 1 atom stereocenters. The molecule has 5 aromatic carbocycles. The van der Waals surface area contributed by atoms with Crippen molar-refractivity contribution < 1.29 is 28.8 Å². The second-order valence-electron chi connectivity index (χ2n) is 16.7. The lowest BCUT2D eigenvalue weighted by molar-refractivity contribution is 0.0459. The van der Waals surface area contributed by atoms with Crippen molar-refractivity contribution in [1.82, 2.24) is 0 Å². The molecule has 2 aliphatic carbocycles. The Hall–Kier alpha value is -4.94. The summed E-state index contributed by atoms with van der Waals surface area (Å²) in [6, 6.07) is 29.6. The molecule has 0 bridgehead atoms. The molecule has 0 saturated heterocycles. The SMILES string of the molecule is COc1ccc(C2(c3ccc(OC)cc3)C=Cc3c4c(c5cc6c(cc5c3O2)OCC(CO)O6)-c2ccccc2C42CC(C)(C)CC(C)(C)C2)cc1. The van der Waals surface area contributed by atoms with Crippen LogP contribution in [0, 0.1) is 10.8 Å². The van der Waals surface area contributed by atoms with Gasteiger partial charge < -0.3 is 28.8 Å². The fraction of sp³-hybridized carbons (Fsp3) is 0.348. The van der Waals surface area contributed by atoms with Gasteiger partial charge in [0.05, 0.1) is 20.8 Å². The zero-order valence-electron chi connectivity index (χ0n) is 30.8. The van der Waals surface area contributed by atoms with Crippen molar-refractivity contribution in [3.8, 4) is 39.9 Å². The van der Waals surface area contributed by atoms with Crippen molar-refractivity contribution >= 4 is 16.8 Å². The molecule has 0 radical (unpaired) electrons. The topological polar surface area (TPSA) is 66.4 Å². The number of hydrogen-bond acceptors (Lipinski definition) is 6. The molecule has 6 heteroatoms. The molecule has 1 unspecified atom stereocenters. The Bertz CT molecular complexity index is 2180. The molecule has 2 aliphatic heterocycles. The second-order valence-corrected chi connectivity index (χ2v) is 16.7. The lowest BCUT2D eigenvalue weighted by Gasteiger charge is -2.52. The Balaban J connectivity index is 1.38. The number of rotatable bonds is 5. The number of benzene rings is 5. The van der Waals surface area contributed by atoms with Crippen LogP contribution in [0.5, 0.6) is 28.7 Å². The van der Waals surface area contributed by atoms with E-state index in [0.29, 0.717) is 11.5 Å². The first kappa shape index (κ1) is 32.9. The molecule has 266 valence electrons. The van der Waals surface area contributed by atoms with Crippen LogP contribution in [0.25, 0.3) is 28.0 Å². The van der Waals surface area contributed by atoms with E-state index in [-0.39, 0.29) is 29.5 Å². The maximum atomic E-state index is 10.0. The van der Waals surface area contributed by atoms with Crippen LogP contribution in [0.2, 0.25) is 0 Å².